The lowest BCUT2D eigenvalue weighted by atomic mass is 10.0. The molecule has 5 rings (SSSR count). The molecule has 1 unspecified atom stereocenters. The molecule has 2 amide bonds. The summed E-state index contributed by atoms with van der Waals surface area (Å²) in [6.07, 6.45) is 4.05. The van der Waals surface area contributed by atoms with Crippen LogP contribution in [-0.4, -0.2) is 58.9 Å². The van der Waals surface area contributed by atoms with Crippen molar-refractivity contribution in [1.82, 2.24) is 20.2 Å². The van der Waals surface area contributed by atoms with Gasteiger partial charge in [-0.05, 0) is 35.9 Å². The van der Waals surface area contributed by atoms with Gasteiger partial charge in [0, 0.05) is 55.9 Å². The van der Waals surface area contributed by atoms with Gasteiger partial charge in [-0.2, -0.15) is 0 Å². The summed E-state index contributed by atoms with van der Waals surface area (Å²) < 4.78 is 0. The molecule has 2 N–H and O–H groups in total. The van der Waals surface area contributed by atoms with E-state index in [0.29, 0.717) is 43.2 Å². The van der Waals surface area contributed by atoms with E-state index in [4.69, 9.17) is 11.6 Å². The first-order chi connectivity index (χ1) is 17.1. The summed E-state index contributed by atoms with van der Waals surface area (Å²) in [5.41, 5.74) is 2.33. The van der Waals surface area contributed by atoms with Crippen molar-refractivity contribution in [3.8, 4) is 0 Å². The Labute approximate surface area is 208 Å². The number of amides is 2. The Balaban J connectivity index is 1.35. The van der Waals surface area contributed by atoms with Gasteiger partial charge in [0.25, 0.3) is 5.91 Å². The SMILES string of the molecule is O=C(NC(Cc1c[nH]c2ccccc12)C(=O)N1CCN(c2ccccn2)CC1)c1ccccc1Cl. The third kappa shape index (κ3) is 5.00. The highest BCUT2D eigenvalue weighted by molar-refractivity contribution is 6.33. The number of carbonyl (C=O) groups excluding carboxylic acids is 2. The van der Waals surface area contributed by atoms with E-state index in [2.05, 4.69) is 20.2 Å². The Bertz CT molecular complexity index is 1330. The van der Waals surface area contributed by atoms with E-state index in [1.165, 1.54) is 0 Å². The van der Waals surface area contributed by atoms with Gasteiger partial charge < -0.3 is 20.1 Å². The molecule has 0 aliphatic carbocycles. The zero-order valence-electron chi connectivity index (χ0n) is 19.2. The standard InChI is InChI=1S/C27H26ClN5O2/c28-22-9-3-1-8-21(22)26(34)31-24(17-19-18-30-23-10-4-2-7-20(19)23)27(35)33-15-13-32(14-16-33)25-11-5-6-12-29-25/h1-12,18,24,30H,13-17H2,(H,31,34). The number of carbonyl (C=O) groups is 2. The van der Waals surface area contributed by atoms with Gasteiger partial charge in [-0.3, -0.25) is 9.59 Å². The number of hydrogen-bond acceptors (Lipinski definition) is 4. The number of pyridine rings is 1. The molecular weight excluding hydrogens is 462 g/mol. The summed E-state index contributed by atoms with van der Waals surface area (Å²) in [5.74, 6) is 0.444. The van der Waals surface area contributed by atoms with Gasteiger partial charge in [0.2, 0.25) is 5.91 Å². The normalized spacial score (nSPS) is 14.7. The number of anilines is 1. The second kappa shape index (κ2) is 10.2. The number of hydrogen-bond donors (Lipinski definition) is 2. The van der Waals surface area contributed by atoms with E-state index in [1.54, 1.807) is 30.5 Å². The van der Waals surface area contributed by atoms with Gasteiger partial charge in [0.05, 0.1) is 10.6 Å². The molecule has 0 saturated carbocycles. The highest BCUT2D eigenvalue weighted by Crippen LogP contribution is 2.21. The fraction of sp³-hybridized carbons (Fsp3) is 0.222. The number of benzene rings is 2. The maximum atomic E-state index is 13.7. The summed E-state index contributed by atoms with van der Waals surface area (Å²) in [6.45, 7) is 2.48. The van der Waals surface area contributed by atoms with Gasteiger partial charge in [0.1, 0.15) is 11.9 Å². The predicted octanol–water partition coefficient (Wildman–Crippen LogP) is 3.91. The lowest BCUT2D eigenvalue weighted by Crippen LogP contribution is -2.55. The molecule has 8 heteroatoms. The number of halogens is 1. The summed E-state index contributed by atoms with van der Waals surface area (Å²) in [5, 5.41) is 4.36. The van der Waals surface area contributed by atoms with E-state index in [-0.39, 0.29) is 11.8 Å². The van der Waals surface area contributed by atoms with E-state index in [9.17, 15) is 9.59 Å². The van der Waals surface area contributed by atoms with Crippen molar-refractivity contribution in [2.24, 2.45) is 0 Å². The summed E-state index contributed by atoms with van der Waals surface area (Å²) in [6, 6.07) is 19.9. The predicted molar refractivity (Wildman–Crippen MR) is 138 cm³/mol. The van der Waals surface area contributed by atoms with Crippen molar-refractivity contribution in [2.45, 2.75) is 12.5 Å². The van der Waals surface area contributed by atoms with E-state index in [1.807, 2.05) is 53.6 Å². The van der Waals surface area contributed by atoms with Crippen LogP contribution in [0.15, 0.2) is 79.1 Å². The van der Waals surface area contributed by atoms with E-state index >= 15 is 0 Å². The van der Waals surface area contributed by atoms with Crippen LogP contribution < -0.4 is 10.2 Å². The maximum Gasteiger partial charge on any atom is 0.253 e. The number of piperazine rings is 1. The van der Waals surface area contributed by atoms with Crippen molar-refractivity contribution in [3.63, 3.8) is 0 Å². The monoisotopic (exact) mass is 487 g/mol. The first-order valence-electron chi connectivity index (χ1n) is 11.7. The minimum Gasteiger partial charge on any atom is -0.361 e. The molecule has 1 saturated heterocycles. The highest BCUT2D eigenvalue weighted by atomic mass is 35.5. The molecule has 0 spiro atoms. The van der Waals surface area contributed by atoms with Crippen LogP contribution in [0.4, 0.5) is 5.82 Å². The molecule has 0 radical (unpaired) electrons. The fourth-order valence-corrected chi connectivity index (χ4v) is 4.74. The Morgan fingerprint density at radius 1 is 0.971 bits per heavy atom. The molecule has 3 heterocycles. The first kappa shape index (κ1) is 22.9. The Kier molecular flexibility index (Phi) is 6.68. The molecule has 1 fully saturated rings. The van der Waals surface area contributed by atoms with Crippen LogP contribution in [0.1, 0.15) is 15.9 Å². The van der Waals surface area contributed by atoms with Crippen LogP contribution in [0.5, 0.6) is 0 Å². The number of nitrogens with one attached hydrogen (secondary N) is 2. The van der Waals surface area contributed by atoms with Crippen molar-refractivity contribution < 1.29 is 9.59 Å². The number of aromatic nitrogens is 2. The molecule has 1 atom stereocenters. The smallest absolute Gasteiger partial charge is 0.253 e. The average Bonchev–Trinajstić information content (AvgIpc) is 3.31. The summed E-state index contributed by atoms with van der Waals surface area (Å²) >= 11 is 6.25. The minimum atomic E-state index is -0.723. The van der Waals surface area contributed by atoms with Gasteiger partial charge in [-0.1, -0.05) is 48.0 Å². The van der Waals surface area contributed by atoms with Crippen LogP contribution in [0, 0.1) is 0 Å². The van der Waals surface area contributed by atoms with Crippen LogP contribution in [0.25, 0.3) is 10.9 Å². The van der Waals surface area contributed by atoms with E-state index < -0.39 is 6.04 Å². The number of fused-ring (bicyclic) bond motifs is 1. The van der Waals surface area contributed by atoms with Crippen LogP contribution >= 0.6 is 11.6 Å². The van der Waals surface area contributed by atoms with Crippen molar-refractivity contribution in [3.05, 3.63) is 95.3 Å². The van der Waals surface area contributed by atoms with Crippen LogP contribution in [0.2, 0.25) is 5.02 Å². The fourth-order valence-electron chi connectivity index (χ4n) is 4.52. The number of aromatic amines is 1. The number of H-pyrrole nitrogens is 1. The largest absolute Gasteiger partial charge is 0.361 e. The number of para-hydroxylation sites is 1. The number of rotatable bonds is 6. The molecule has 2 aromatic heterocycles. The van der Waals surface area contributed by atoms with Crippen LogP contribution in [-0.2, 0) is 11.2 Å². The molecular formula is C27H26ClN5O2. The quantitative estimate of drug-likeness (QED) is 0.432. The van der Waals surface area contributed by atoms with Crippen LogP contribution in [0.3, 0.4) is 0 Å². The van der Waals surface area contributed by atoms with Crippen molar-refractivity contribution >= 4 is 40.1 Å². The second-order valence-electron chi connectivity index (χ2n) is 8.57. The summed E-state index contributed by atoms with van der Waals surface area (Å²) in [4.78, 5) is 38.5. The summed E-state index contributed by atoms with van der Waals surface area (Å²) in [7, 11) is 0. The zero-order chi connectivity index (χ0) is 24.2. The van der Waals surface area contributed by atoms with Crippen molar-refractivity contribution in [2.75, 3.05) is 31.1 Å². The highest BCUT2D eigenvalue weighted by Gasteiger charge is 2.30. The van der Waals surface area contributed by atoms with Gasteiger partial charge in [0.15, 0.2) is 0 Å². The lowest BCUT2D eigenvalue weighted by molar-refractivity contribution is -0.133. The van der Waals surface area contributed by atoms with Gasteiger partial charge in [-0.25, -0.2) is 4.98 Å². The molecule has 4 aromatic rings. The molecule has 178 valence electrons. The molecule has 7 nitrogen and oxygen atoms in total. The Hall–Kier alpha value is -3.84. The van der Waals surface area contributed by atoms with E-state index in [0.717, 1.165) is 22.3 Å². The topological polar surface area (TPSA) is 81.3 Å². The van der Waals surface area contributed by atoms with Gasteiger partial charge >= 0.3 is 0 Å². The third-order valence-corrected chi connectivity index (χ3v) is 6.72. The molecule has 2 aromatic carbocycles. The maximum absolute atomic E-state index is 13.7. The molecule has 0 bridgehead atoms. The molecule has 1 aliphatic rings. The second-order valence-corrected chi connectivity index (χ2v) is 8.98. The number of nitrogens with zero attached hydrogens (tertiary/aromatic N) is 3. The average molecular weight is 488 g/mol. The third-order valence-electron chi connectivity index (χ3n) is 6.39. The minimum absolute atomic E-state index is 0.101. The Morgan fingerprint density at radius 2 is 1.71 bits per heavy atom. The molecule has 35 heavy (non-hydrogen) atoms. The molecule has 1 aliphatic heterocycles. The Morgan fingerprint density at radius 3 is 2.49 bits per heavy atom. The van der Waals surface area contributed by atoms with Crippen molar-refractivity contribution in [1.29, 1.82) is 0 Å². The first-order valence-corrected chi connectivity index (χ1v) is 12.0. The van der Waals surface area contributed by atoms with Gasteiger partial charge in [-0.15, -0.1) is 0 Å². The lowest BCUT2D eigenvalue weighted by Gasteiger charge is -2.37. The zero-order valence-corrected chi connectivity index (χ0v) is 19.9.